The fourth-order valence-electron chi connectivity index (χ4n) is 11.0. The Labute approximate surface area is 295 Å². The second kappa shape index (κ2) is 17.0. The van der Waals surface area contributed by atoms with Crippen LogP contribution in [-0.4, -0.2) is 103 Å². The lowest BCUT2D eigenvalue weighted by atomic mass is 9.46. The minimum Gasteiger partial charge on any atom is -0.390 e. The van der Waals surface area contributed by atoms with E-state index in [9.17, 15) is 15.0 Å². The predicted molar refractivity (Wildman–Crippen MR) is 198 cm³/mol. The largest absolute Gasteiger partial charge is 0.390 e. The number of carbonyl (C=O) groups excluding carboxylic acids is 1. The van der Waals surface area contributed by atoms with Gasteiger partial charge in [0.25, 0.3) is 0 Å². The topological polar surface area (TPSA) is 76.5 Å². The molecule has 0 aromatic carbocycles. The molecule has 2 N–H and O–H groups in total. The molecule has 4 aliphatic rings. The molecule has 1 amide bonds. The average molecular weight is 674 g/mol. The van der Waals surface area contributed by atoms with Gasteiger partial charge in [-0.3, -0.25) is 4.79 Å². The van der Waals surface area contributed by atoms with Gasteiger partial charge in [0, 0.05) is 25.9 Å². The van der Waals surface area contributed by atoms with E-state index in [0.717, 1.165) is 77.5 Å². The highest BCUT2D eigenvalue weighted by Gasteiger charge is 2.61. The number of carbonyl (C=O) groups is 1. The molecule has 0 aromatic heterocycles. The molecule has 0 aliphatic heterocycles. The maximum Gasteiger partial charge on any atom is 0.222 e. The molecule has 48 heavy (non-hydrogen) atoms. The zero-order chi connectivity index (χ0) is 35.3. The third kappa shape index (κ3) is 9.66. The van der Waals surface area contributed by atoms with E-state index in [1.807, 2.05) is 4.90 Å². The van der Waals surface area contributed by atoms with Crippen molar-refractivity contribution < 1.29 is 19.7 Å². The number of ether oxygens (including phenoxy) is 1. The SMILES string of the molecule is CC(C)CCCC(C)(O)[C@H]1CC[C@H]2[C@@H]3CC=C4C[C@@H](OC(O)CCC(=O)N(CCCN(C)C)CCCN(C)C)CC[C@]4(C)[C@H]3CC[C@]12C. The zero-order valence-electron chi connectivity index (χ0n) is 32.6. The van der Waals surface area contributed by atoms with E-state index >= 15 is 0 Å². The predicted octanol–water partition coefficient (Wildman–Crippen LogP) is 7.36. The molecule has 0 heterocycles. The summed E-state index contributed by atoms with van der Waals surface area (Å²) in [5.41, 5.74) is 1.43. The molecule has 0 saturated heterocycles. The minimum absolute atomic E-state index is 0.0212. The van der Waals surface area contributed by atoms with E-state index in [0.29, 0.717) is 42.4 Å². The number of nitrogens with zero attached hydrogens (tertiary/aromatic N) is 3. The molecular weight excluding hydrogens is 598 g/mol. The van der Waals surface area contributed by atoms with Crippen molar-refractivity contribution in [2.45, 2.75) is 149 Å². The molecule has 0 aromatic rings. The van der Waals surface area contributed by atoms with Gasteiger partial charge in [0.15, 0.2) is 6.29 Å². The summed E-state index contributed by atoms with van der Waals surface area (Å²) in [7, 11) is 8.28. The summed E-state index contributed by atoms with van der Waals surface area (Å²) >= 11 is 0. The monoisotopic (exact) mass is 674 g/mol. The van der Waals surface area contributed by atoms with Gasteiger partial charge in [-0.05, 0) is 159 Å². The zero-order valence-corrected chi connectivity index (χ0v) is 32.6. The molecule has 7 nitrogen and oxygen atoms in total. The van der Waals surface area contributed by atoms with Crippen molar-refractivity contribution in [3.8, 4) is 0 Å². The van der Waals surface area contributed by atoms with Crippen molar-refractivity contribution >= 4 is 5.91 Å². The number of hydrogen-bond acceptors (Lipinski definition) is 6. The van der Waals surface area contributed by atoms with Gasteiger partial charge in [0.05, 0.1) is 11.7 Å². The first-order valence-corrected chi connectivity index (χ1v) is 19.9. The number of aliphatic hydroxyl groups excluding tert-OH is 1. The fraction of sp³-hybridized carbons (Fsp3) is 0.927. The van der Waals surface area contributed by atoms with Gasteiger partial charge in [-0.15, -0.1) is 0 Å². The Morgan fingerprint density at radius 2 is 1.60 bits per heavy atom. The summed E-state index contributed by atoms with van der Waals surface area (Å²) in [5, 5.41) is 22.7. The molecule has 4 aliphatic carbocycles. The second-order valence-electron chi connectivity index (χ2n) is 18.3. The van der Waals surface area contributed by atoms with Gasteiger partial charge in [0.2, 0.25) is 5.91 Å². The number of fused-ring (bicyclic) bond motifs is 5. The molecule has 3 fully saturated rings. The van der Waals surface area contributed by atoms with E-state index in [2.05, 4.69) is 78.7 Å². The van der Waals surface area contributed by atoms with Crippen molar-refractivity contribution in [2.24, 2.45) is 40.4 Å². The Kier molecular flexibility index (Phi) is 14.1. The maximum atomic E-state index is 13.2. The molecule has 9 atom stereocenters. The van der Waals surface area contributed by atoms with Crippen LogP contribution in [0.1, 0.15) is 131 Å². The van der Waals surface area contributed by atoms with Crippen LogP contribution in [0.2, 0.25) is 0 Å². The van der Waals surface area contributed by atoms with Gasteiger partial charge in [-0.1, -0.05) is 52.2 Å². The molecular formula is C41H75N3O4. The van der Waals surface area contributed by atoms with Gasteiger partial charge in [-0.2, -0.15) is 0 Å². The van der Waals surface area contributed by atoms with Gasteiger partial charge in [0.1, 0.15) is 0 Å². The van der Waals surface area contributed by atoms with Gasteiger partial charge < -0.3 is 29.6 Å². The lowest BCUT2D eigenvalue weighted by Gasteiger charge is -2.59. The summed E-state index contributed by atoms with van der Waals surface area (Å²) in [4.78, 5) is 19.5. The molecule has 0 radical (unpaired) electrons. The van der Waals surface area contributed by atoms with Crippen LogP contribution in [0.25, 0.3) is 0 Å². The smallest absolute Gasteiger partial charge is 0.222 e. The minimum atomic E-state index is -0.898. The Balaban J connectivity index is 1.30. The summed E-state index contributed by atoms with van der Waals surface area (Å²) in [5.74, 6) is 3.34. The Hall–Kier alpha value is -0.990. The summed E-state index contributed by atoms with van der Waals surface area (Å²) in [6, 6.07) is 0. The summed E-state index contributed by atoms with van der Waals surface area (Å²) in [6.07, 6.45) is 16.6. The van der Waals surface area contributed by atoms with Crippen LogP contribution in [0, 0.1) is 40.4 Å². The highest BCUT2D eigenvalue weighted by atomic mass is 16.6. The standard InChI is InChI=1S/C41H75N3O4/c1-30(2)13-10-22-41(5,47)36-17-16-34-33-15-14-31-29-32(20-23-39(31,3)35(33)21-24-40(34,36)4)48-38(46)19-18-37(45)44(27-11-25-42(6)7)28-12-26-43(8)9/h14,30,32-36,38,46-47H,10-13,15-29H2,1-9H3/t32-,33-,34-,35-,36-,38?,39-,40-,41?/m0/s1. The first-order valence-electron chi connectivity index (χ1n) is 19.9. The Morgan fingerprint density at radius 1 is 0.938 bits per heavy atom. The molecule has 2 unspecified atom stereocenters. The van der Waals surface area contributed by atoms with Crippen LogP contribution < -0.4 is 0 Å². The van der Waals surface area contributed by atoms with Crippen LogP contribution in [0.15, 0.2) is 11.6 Å². The molecule has 0 bridgehead atoms. The Morgan fingerprint density at radius 3 is 2.23 bits per heavy atom. The summed E-state index contributed by atoms with van der Waals surface area (Å²) in [6.45, 7) is 15.2. The van der Waals surface area contributed by atoms with Crippen LogP contribution in [0.5, 0.6) is 0 Å². The van der Waals surface area contributed by atoms with Gasteiger partial charge in [-0.25, -0.2) is 0 Å². The first kappa shape index (κ1) is 39.8. The van der Waals surface area contributed by atoms with Crippen LogP contribution >= 0.6 is 0 Å². The van der Waals surface area contributed by atoms with Crippen molar-refractivity contribution in [1.82, 2.24) is 14.7 Å². The molecule has 3 saturated carbocycles. The van der Waals surface area contributed by atoms with Crippen LogP contribution in [-0.2, 0) is 9.53 Å². The number of amides is 1. The maximum absolute atomic E-state index is 13.2. The van der Waals surface area contributed by atoms with E-state index in [1.54, 1.807) is 5.57 Å². The molecule has 278 valence electrons. The lowest BCUT2D eigenvalue weighted by molar-refractivity contribution is -0.158. The highest BCUT2D eigenvalue weighted by molar-refractivity contribution is 5.76. The van der Waals surface area contributed by atoms with Crippen molar-refractivity contribution in [1.29, 1.82) is 0 Å². The highest BCUT2D eigenvalue weighted by Crippen LogP contribution is 2.67. The second-order valence-corrected chi connectivity index (χ2v) is 18.3. The van der Waals surface area contributed by atoms with Crippen molar-refractivity contribution in [2.75, 3.05) is 54.4 Å². The third-order valence-electron chi connectivity index (χ3n) is 13.6. The Bertz CT molecular complexity index is 1040. The average Bonchev–Trinajstić information content (AvgIpc) is 3.37. The van der Waals surface area contributed by atoms with Crippen LogP contribution in [0.3, 0.4) is 0 Å². The third-order valence-corrected chi connectivity index (χ3v) is 13.6. The molecule has 4 rings (SSSR count). The number of hydrogen-bond donors (Lipinski definition) is 2. The molecule has 0 spiro atoms. The fourth-order valence-corrected chi connectivity index (χ4v) is 11.0. The van der Waals surface area contributed by atoms with E-state index in [-0.39, 0.29) is 22.8 Å². The van der Waals surface area contributed by atoms with Crippen molar-refractivity contribution in [3.05, 3.63) is 11.6 Å². The summed E-state index contributed by atoms with van der Waals surface area (Å²) < 4.78 is 6.26. The lowest BCUT2D eigenvalue weighted by Crippen LogP contribution is -2.53. The number of allylic oxidation sites excluding steroid dienone is 1. The normalized spacial score (nSPS) is 33.6. The quantitative estimate of drug-likeness (QED) is 0.117. The van der Waals surface area contributed by atoms with Crippen molar-refractivity contribution in [3.63, 3.8) is 0 Å². The molecule has 7 heteroatoms. The number of aliphatic hydroxyl groups is 2. The van der Waals surface area contributed by atoms with E-state index in [4.69, 9.17) is 4.74 Å². The van der Waals surface area contributed by atoms with Gasteiger partial charge >= 0.3 is 0 Å². The van der Waals surface area contributed by atoms with E-state index < -0.39 is 11.9 Å². The number of rotatable bonds is 18. The van der Waals surface area contributed by atoms with Crippen LogP contribution in [0.4, 0.5) is 0 Å². The first-order chi connectivity index (χ1) is 22.6. The van der Waals surface area contributed by atoms with E-state index in [1.165, 1.54) is 32.1 Å².